The fraction of sp³-hybridized carbons (Fsp3) is 0.571. The molecule has 3 nitrogen and oxygen atoms in total. The summed E-state index contributed by atoms with van der Waals surface area (Å²) in [5, 5.41) is 13.1. The highest BCUT2D eigenvalue weighted by atomic mass is 19.1. The molecule has 0 aliphatic carbocycles. The Morgan fingerprint density at radius 3 is 2.61 bits per heavy atom. The Labute approximate surface area is 109 Å². The van der Waals surface area contributed by atoms with Crippen molar-refractivity contribution >= 4 is 0 Å². The molecular weight excluding hydrogens is 231 g/mol. The van der Waals surface area contributed by atoms with Gasteiger partial charge in [0, 0.05) is 18.6 Å². The molecule has 0 aliphatic rings. The van der Waals surface area contributed by atoms with Gasteiger partial charge in [-0.3, -0.25) is 0 Å². The van der Waals surface area contributed by atoms with E-state index < -0.39 is 6.10 Å². The van der Waals surface area contributed by atoms with Crippen LogP contribution in [-0.4, -0.2) is 42.7 Å². The lowest BCUT2D eigenvalue weighted by Crippen LogP contribution is -2.47. The largest absolute Gasteiger partial charge is 0.387 e. The lowest BCUT2D eigenvalue weighted by molar-refractivity contribution is 0.152. The first kappa shape index (κ1) is 15.1. The fourth-order valence-corrected chi connectivity index (χ4v) is 1.50. The van der Waals surface area contributed by atoms with Crippen LogP contribution in [0.25, 0.3) is 0 Å². The second-order valence-electron chi connectivity index (χ2n) is 5.41. The van der Waals surface area contributed by atoms with E-state index in [0.29, 0.717) is 12.1 Å². The highest BCUT2D eigenvalue weighted by molar-refractivity contribution is 5.18. The maximum Gasteiger partial charge on any atom is 0.123 e. The molecule has 102 valence electrons. The van der Waals surface area contributed by atoms with Gasteiger partial charge in [0.05, 0.1) is 6.10 Å². The van der Waals surface area contributed by atoms with Crippen LogP contribution in [0, 0.1) is 5.82 Å². The van der Waals surface area contributed by atoms with E-state index in [0.717, 1.165) is 6.54 Å². The van der Waals surface area contributed by atoms with Crippen LogP contribution in [-0.2, 0) is 0 Å². The van der Waals surface area contributed by atoms with E-state index >= 15 is 0 Å². The van der Waals surface area contributed by atoms with Crippen molar-refractivity contribution in [3.63, 3.8) is 0 Å². The number of nitrogens with zero attached hydrogens (tertiary/aromatic N) is 1. The molecular formula is C14H23FN2O. The molecule has 0 heterocycles. The summed E-state index contributed by atoms with van der Waals surface area (Å²) in [6, 6.07) is 6.08. The van der Waals surface area contributed by atoms with Gasteiger partial charge in [-0.1, -0.05) is 12.1 Å². The zero-order valence-electron chi connectivity index (χ0n) is 11.6. The predicted molar refractivity (Wildman–Crippen MR) is 72.0 cm³/mol. The monoisotopic (exact) mass is 254 g/mol. The Morgan fingerprint density at radius 2 is 2.06 bits per heavy atom. The third-order valence-electron chi connectivity index (χ3n) is 3.34. The van der Waals surface area contributed by atoms with Crippen molar-refractivity contribution < 1.29 is 9.50 Å². The molecule has 0 amide bonds. The minimum absolute atomic E-state index is 0.0155. The minimum atomic E-state index is -0.682. The number of hydrogen-bond acceptors (Lipinski definition) is 3. The summed E-state index contributed by atoms with van der Waals surface area (Å²) in [6.45, 7) is 5.41. The van der Waals surface area contributed by atoms with E-state index in [4.69, 9.17) is 0 Å². The molecule has 1 atom stereocenters. The van der Waals surface area contributed by atoms with Crippen LogP contribution in [0.15, 0.2) is 24.3 Å². The zero-order chi connectivity index (χ0) is 13.8. The first-order chi connectivity index (χ1) is 8.33. The SMILES string of the molecule is CN(C)C(C)(C)CNCC(O)c1cccc(F)c1. The predicted octanol–water partition coefficient (Wildman–Crippen LogP) is 1.79. The summed E-state index contributed by atoms with van der Waals surface area (Å²) in [5.74, 6) is -0.319. The molecule has 0 radical (unpaired) electrons. The Hall–Kier alpha value is -0.970. The molecule has 0 aromatic heterocycles. The standard InChI is InChI=1S/C14H23FN2O/c1-14(2,17(3)4)10-16-9-13(18)11-6-5-7-12(15)8-11/h5-8,13,16,18H,9-10H2,1-4H3. The quantitative estimate of drug-likeness (QED) is 0.812. The summed E-state index contributed by atoms with van der Waals surface area (Å²) in [5.41, 5.74) is 0.618. The first-order valence-corrected chi connectivity index (χ1v) is 6.14. The second-order valence-corrected chi connectivity index (χ2v) is 5.41. The second kappa shape index (κ2) is 6.27. The molecule has 0 bridgehead atoms. The van der Waals surface area contributed by atoms with E-state index in [1.165, 1.54) is 12.1 Å². The smallest absolute Gasteiger partial charge is 0.123 e. The van der Waals surface area contributed by atoms with E-state index in [-0.39, 0.29) is 11.4 Å². The van der Waals surface area contributed by atoms with Crippen LogP contribution in [0.4, 0.5) is 4.39 Å². The number of halogens is 1. The molecule has 0 fully saturated rings. The van der Waals surface area contributed by atoms with Gasteiger partial charge in [-0.05, 0) is 45.6 Å². The number of aliphatic hydroxyl groups excluding tert-OH is 1. The van der Waals surface area contributed by atoms with Crippen molar-refractivity contribution in [2.75, 3.05) is 27.2 Å². The molecule has 1 rings (SSSR count). The van der Waals surface area contributed by atoms with Gasteiger partial charge in [0.2, 0.25) is 0 Å². The number of benzene rings is 1. The van der Waals surface area contributed by atoms with Crippen LogP contribution in [0.5, 0.6) is 0 Å². The Balaban J connectivity index is 2.45. The summed E-state index contributed by atoms with van der Waals surface area (Å²) in [6.07, 6.45) is -0.682. The molecule has 0 saturated heterocycles. The van der Waals surface area contributed by atoms with Crippen LogP contribution < -0.4 is 5.32 Å². The Kier molecular flexibility index (Phi) is 5.26. The average molecular weight is 254 g/mol. The van der Waals surface area contributed by atoms with Crippen molar-refractivity contribution in [1.29, 1.82) is 0 Å². The molecule has 0 spiro atoms. The molecule has 1 aromatic carbocycles. The lowest BCUT2D eigenvalue weighted by Gasteiger charge is -2.33. The third-order valence-corrected chi connectivity index (χ3v) is 3.34. The lowest BCUT2D eigenvalue weighted by atomic mass is 10.0. The van der Waals surface area contributed by atoms with Crippen LogP contribution >= 0.6 is 0 Å². The van der Waals surface area contributed by atoms with Crippen molar-refractivity contribution in [2.24, 2.45) is 0 Å². The van der Waals surface area contributed by atoms with Crippen molar-refractivity contribution in [3.8, 4) is 0 Å². The molecule has 0 saturated carbocycles. The topological polar surface area (TPSA) is 35.5 Å². The molecule has 2 N–H and O–H groups in total. The van der Waals surface area contributed by atoms with E-state index in [1.54, 1.807) is 12.1 Å². The maximum atomic E-state index is 13.0. The molecule has 18 heavy (non-hydrogen) atoms. The van der Waals surface area contributed by atoms with Gasteiger partial charge >= 0.3 is 0 Å². The van der Waals surface area contributed by atoms with Gasteiger partial charge in [-0.15, -0.1) is 0 Å². The molecule has 4 heteroatoms. The zero-order valence-corrected chi connectivity index (χ0v) is 11.6. The summed E-state index contributed by atoms with van der Waals surface area (Å²) in [4.78, 5) is 2.12. The van der Waals surface area contributed by atoms with Crippen molar-refractivity contribution in [1.82, 2.24) is 10.2 Å². The fourth-order valence-electron chi connectivity index (χ4n) is 1.50. The molecule has 0 aliphatic heterocycles. The van der Waals surface area contributed by atoms with Crippen LogP contribution in [0.1, 0.15) is 25.5 Å². The summed E-state index contributed by atoms with van der Waals surface area (Å²) in [7, 11) is 4.04. The number of likely N-dealkylation sites (N-methyl/N-ethyl adjacent to an activating group) is 1. The first-order valence-electron chi connectivity index (χ1n) is 6.14. The normalized spacial score (nSPS) is 13.9. The molecule has 1 unspecified atom stereocenters. The van der Waals surface area contributed by atoms with Crippen molar-refractivity contribution in [3.05, 3.63) is 35.6 Å². The average Bonchev–Trinajstić information content (AvgIpc) is 2.28. The van der Waals surface area contributed by atoms with E-state index in [9.17, 15) is 9.50 Å². The van der Waals surface area contributed by atoms with Crippen LogP contribution in [0.2, 0.25) is 0 Å². The van der Waals surface area contributed by atoms with Gasteiger partial charge in [-0.25, -0.2) is 4.39 Å². The van der Waals surface area contributed by atoms with E-state index in [2.05, 4.69) is 24.1 Å². The third kappa shape index (κ3) is 4.37. The highest BCUT2D eigenvalue weighted by Gasteiger charge is 2.20. The van der Waals surface area contributed by atoms with Gasteiger partial charge in [-0.2, -0.15) is 0 Å². The van der Waals surface area contributed by atoms with Gasteiger partial charge in [0.15, 0.2) is 0 Å². The van der Waals surface area contributed by atoms with Crippen molar-refractivity contribution in [2.45, 2.75) is 25.5 Å². The van der Waals surface area contributed by atoms with Gasteiger partial charge in [0.1, 0.15) is 5.82 Å². The van der Waals surface area contributed by atoms with Gasteiger partial charge < -0.3 is 15.3 Å². The van der Waals surface area contributed by atoms with Crippen LogP contribution in [0.3, 0.4) is 0 Å². The number of hydrogen-bond donors (Lipinski definition) is 2. The number of aliphatic hydroxyl groups is 1. The number of nitrogens with one attached hydrogen (secondary N) is 1. The number of rotatable bonds is 6. The summed E-state index contributed by atoms with van der Waals surface area (Å²) >= 11 is 0. The Bertz CT molecular complexity index is 380. The van der Waals surface area contributed by atoms with Gasteiger partial charge in [0.25, 0.3) is 0 Å². The molecule has 1 aromatic rings. The summed E-state index contributed by atoms with van der Waals surface area (Å²) < 4.78 is 13.0. The van der Waals surface area contributed by atoms with E-state index in [1.807, 2.05) is 14.1 Å². The maximum absolute atomic E-state index is 13.0. The minimum Gasteiger partial charge on any atom is -0.387 e. The Morgan fingerprint density at radius 1 is 1.39 bits per heavy atom. The highest BCUT2D eigenvalue weighted by Crippen LogP contribution is 2.14.